The van der Waals surface area contributed by atoms with Crippen molar-refractivity contribution in [2.75, 3.05) is 13.2 Å². The topological polar surface area (TPSA) is 85.5 Å². The summed E-state index contributed by atoms with van der Waals surface area (Å²) in [5, 5.41) is 9.96. The van der Waals surface area contributed by atoms with Crippen LogP contribution >= 0.6 is 11.3 Å². The number of hydrogen-bond donors (Lipinski definition) is 0. The zero-order valence-corrected chi connectivity index (χ0v) is 16.3. The van der Waals surface area contributed by atoms with Crippen LogP contribution in [0.1, 0.15) is 45.9 Å². The highest BCUT2D eigenvalue weighted by Gasteiger charge is 2.19. The molecule has 0 fully saturated rings. The summed E-state index contributed by atoms with van der Waals surface area (Å²) in [6.45, 7) is 6.52. The third-order valence-corrected chi connectivity index (χ3v) is 4.51. The molecule has 8 heteroatoms. The van der Waals surface area contributed by atoms with Crippen LogP contribution in [0.3, 0.4) is 0 Å². The lowest BCUT2D eigenvalue weighted by atomic mass is 10.1. The van der Waals surface area contributed by atoms with Crippen LogP contribution in [0.25, 0.3) is 10.8 Å². The molecule has 0 aliphatic rings. The predicted octanol–water partition coefficient (Wildman–Crippen LogP) is 3.52. The second-order valence-electron chi connectivity index (χ2n) is 6.39. The van der Waals surface area contributed by atoms with Gasteiger partial charge in [0.2, 0.25) is 5.89 Å². The highest BCUT2D eigenvalue weighted by Crippen LogP contribution is 2.23. The van der Waals surface area contributed by atoms with Gasteiger partial charge in [-0.25, -0.2) is 0 Å². The minimum atomic E-state index is -0.346. The molecule has 0 aliphatic carbocycles. The number of esters is 1. The van der Waals surface area contributed by atoms with Crippen molar-refractivity contribution in [1.82, 2.24) is 15.1 Å². The molecule has 0 bridgehead atoms. The Morgan fingerprint density at radius 1 is 1.35 bits per heavy atom. The van der Waals surface area contributed by atoms with Crippen molar-refractivity contribution in [2.45, 2.75) is 46.6 Å². The van der Waals surface area contributed by atoms with Crippen LogP contribution in [-0.4, -0.2) is 40.1 Å². The fourth-order valence-electron chi connectivity index (χ4n) is 2.25. The molecule has 0 unspecified atom stereocenters. The number of rotatable bonds is 10. The Balaban J connectivity index is 1.89. The monoisotopic (exact) mass is 379 g/mol. The van der Waals surface area contributed by atoms with Gasteiger partial charge >= 0.3 is 5.97 Å². The molecular formula is C18H25N3O4S. The fourth-order valence-corrected chi connectivity index (χ4v) is 2.90. The van der Waals surface area contributed by atoms with Crippen molar-refractivity contribution in [1.29, 1.82) is 0 Å². The molecule has 0 radical (unpaired) electrons. The Morgan fingerprint density at radius 2 is 2.15 bits per heavy atom. The van der Waals surface area contributed by atoms with Crippen molar-refractivity contribution >= 4 is 23.2 Å². The normalized spacial score (nSPS) is 10.9. The molecule has 142 valence electrons. The number of thiophene rings is 1. The van der Waals surface area contributed by atoms with E-state index in [1.54, 1.807) is 4.90 Å². The predicted molar refractivity (Wildman–Crippen MR) is 98.4 cm³/mol. The maximum absolute atomic E-state index is 12.4. The van der Waals surface area contributed by atoms with Crippen LogP contribution < -0.4 is 0 Å². The average Bonchev–Trinajstić information content (AvgIpc) is 3.28. The summed E-state index contributed by atoms with van der Waals surface area (Å²) in [7, 11) is 0. The van der Waals surface area contributed by atoms with Gasteiger partial charge in [0, 0.05) is 13.0 Å². The number of hydrogen-bond acceptors (Lipinski definition) is 7. The van der Waals surface area contributed by atoms with Gasteiger partial charge in [0.25, 0.3) is 11.8 Å². The quantitative estimate of drug-likeness (QED) is 0.587. The van der Waals surface area contributed by atoms with Crippen LogP contribution in [0.4, 0.5) is 0 Å². The van der Waals surface area contributed by atoms with Crippen molar-refractivity contribution in [3.8, 4) is 10.8 Å². The molecule has 0 spiro atoms. The number of amides is 1. The van der Waals surface area contributed by atoms with E-state index in [2.05, 4.69) is 10.2 Å². The van der Waals surface area contributed by atoms with E-state index in [9.17, 15) is 9.59 Å². The Kier molecular flexibility index (Phi) is 7.77. The van der Waals surface area contributed by atoms with Gasteiger partial charge in [-0.2, -0.15) is 0 Å². The molecule has 0 atom stereocenters. The van der Waals surface area contributed by atoms with E-state index < -0.39 is 0 Å². The number of ether oxygens (including phenoxy) is 1. The first kappa shape index (κ1) is 20.1. The first-order valence-electron chi connectivity index (χ1n) is 8.79. The Morgan fingerprint density at radius 3 is 2.81 bits per heavy atom. The van der Waals surface area contributed by atoms with E-state index in [1.807, 2.05) is 38.3 Å². The lowest BCUT2D eigenvalue weighted by Crippen LogP contribution is -2.35. The number of nitrogens with zero attached hydrogens (tertiary/aromatic N) is 3. The molecule has 0 aliphatic heterocycles. The first-order chi connectivity index (χ1) is 12.5. The van der Waals surface area contributed by atoms with Gasteiger partial charge in [0.05, 0.1) is 11.4 Å². The van der Waals surface area contributed by atoms with Crippen LogP contribution in [-0.2, 0) is 20.9 Å². The molecule has 7 nitrogen and oxygen atoms in total. The lowest BCUT2D eigenvalue weighted by Gasteiger charge is -2.20. The molecular weight excluding hydrogens is 354 g/mol. The fraction of sp³-hybridized carbons (Fsp3) is 0.556. The van der Waals surface area contributed by atoms with E-state index in [1.165, 1.54) is 11.3 Å². The molecule has 0 saturated heterocycles. The summed E-state index contributed by atoms with van der Waals surface area (Å²) in [4.78, 5) is 26.5. The molecule has 2 heterocycles. The standard InChI is InChI=1S/C18H25N3O4S/c1-4-9-21(16(22)12-24-17(23)8-7-13(2)3)11-15-19-20-18(25-15)14-6-5-10-26-14/h5-6,10,13H,4,7-9,11-12H2,1-3H3. The summed E-state index contributed by atoms with van der Waals surface area (Å²) in [6.07, 6.45) is 1.85. The summed E-state index contributed by atoms with van der Waals surface area (Å²) in [5.41, 5.74) is 0. The molecule has 0 saturated carbocycles. The average molecular weight is 379 g/mol. The smallest absolute Gasteiger partial charge is 0.306 e. The van der Waals surface area contributed by atoms with Gasteiger partial charge < -0.3 is 14.1 Å². The van der Waals surface area contributed by atoms with Crippen molar-refractivity contribution in [3.63, 3.8) is 0 Å². The molecule has 2 aromatic heterocycles. The van der Waals surface area contributed by atoms with Crippen molar-refractivity contribution < 1.29 is 18.7 Å². The number of aromatic nitrogens is 2. The van der Waals surface area contributed by atoms with Crippen LogP contribution in [0.15, 0.2) is 21.9 Å². The van der Waals surface area contributed by atoms with Gasteiger partial charge in [0.1, 0.15) is 0 Å². The number of carbonyl (C=O) groups is 2. The molecule has 1 amide bonds. The van der Waals surface area contributed by atoms with Gasteiger partial charge in [0.15, 0.2) is 6.61 Å². The van der Waals surface area contributed by atoms with Gasteiger partial charge in [-0.15, -0.1) is 21.5 Å². The Bertz CT molecular complexity index is 697. The van der Waals surface area contributed by atoms with E-state index in [0.717, 1.165) is 17.7 Å². The van der Waals surface area contributed by atoms with Crippen molar-refractivity contribution in [2.24, 2.45) is 5.92 Å². The van der Waals surface area contributed by atoms with Gasteiger partial charge in [-0.3, -0.25) is 9.59 Å². The molecule has 0 N–H and O–H groups in total. The molecule has 2 rings (SSSR count). The van der Waals surface area contributed by atoms with E-state index in [-0.39, 0.29) is 25.0 Å². The Labute approximate surface area is 157 Å². The first-order valence-corrected chi connectivity index (χ1v) is 9.67. The van der Waals surface area contributed by atoms with E-state index in [0.29, 0.717) is 30.7 Å². The summed E-state index contributed by atoms with van der Waals surface area (Å²) in [6, 6.07) is 3.80. The SMILES string of the molecule is CCCN(Cc1nnc(-c2cccs2)o1)C(=O)COC(=O)CCC(C)C. The zero-order valence-electron chi connectivity index (χ0n) is 15.4. The summed E-state index contributed by atoms with van der Waals surface area (Å²) in [5.74, 6) is 0.618. The highest BCUT2D eigenvalue weighted by atomic mass is 32.1. The van der Waals surface area contributed by atoms with Gasteiger partial charge in [-0.05, 0) is 30.2 Å². The molecule has 2 aromatic rings. The zero-order chi connectivity index (χ0) is 18.9. The molecule has 0 aromatic carbocycles. The molecule has 26 heavy (non-hydrogen) atoms. The van der Waals surface area contributed by atoms with Crippen molar-refractivity contribution in [3.05, 3.63) is 23.4 Å². The third kappa shape index (κ3) is 6.25. The lowest BCUT2D eigenvalue weighted by molar-refractivity contribution is -0.152. The third-order valence-electron chi connectivity index (χ3n) is 3.65. The summed E-state index contributed by atoms with van der Waals surface area (Å²) < 4.78 is 10.7. The van der Waals surface area contributed by atoms with Gasteiger partial charge in [-0.1, -0.05) is 26.8 Å². The highest BCUT2D eigenvalue weighted by molar-refractivity contribution is 7.13. The largest absolute Gasteiger partial charge is 0.456 e. The second-order valence-corrected chi connectivity index (χ2v) is 7.33. The maximum atomic E-state index is 12.4. The maximum Gasteiger partial charge on any atom is 0.306 e. The van der Waals surface area contributed by atoms with Crippen LogP contribution in [0.5, 0.6) is 0 Å². The second kappa shape index (κ2) is 10.1. The minimum Gasteiger partial charge on any atom is -0.456 e. The van der Waals surface area contributed by atoms with E-state index in [4.69, 9.17) is 9.15 Å². The summed E-state index contributed by atoms with van der Waals surface area (Å²) >= 11 is 1.51. The Hall–Kier alpha value is -2.22. The minimum absolute atomic E-state index is 0.203. The number of carbonyl (C=O) groups excluding carboxylic acids is 2. The van der Waals surface area contributed by atoms with Crippen LogP contribution in [0, 0.1) is 5.92 Å². The van der Waals surface area contributed by atoms with Crippen LogP contribution in [0.2, 0.25) is 0 Å². The van der Waals surface area contributed by atoms with E-state index >= 15 is 0 Å².